The van der Waals surface area contributed by atoms with E-state index in [9.17, 15) is 4.79 Å². The largest absolute Gasteiger partial charge is 0.497 e. The fourth-order valence-electron chi connectivity index (χ4n) is 1.94. The van der Waals surface area contributed by atoms with Gasteiger partial charge in [0.15, 0.2) is 0 Å². The van der Waals surface area contributed by atoms with Gasteiger partial charge >= 0.3 is 5.97 Å². The predicted molar refractivity (Wildman–Crippen MR) is 76.6 cm³/mol. The second kappa shape index (κ2) is 6.23. The summed E-state index contributed by atoms with van der Waals surface area (Å²) in [4.78, 5) is 18.6. The van der Waals surface area contributed by atoms with Crippen molar-refractivity contribution in [1.82, 2.24) is 4.90 Å². The maximum atomic E-state index is 11.8. The Bertz CT molecular complexity index is 543. The van der Waals surface area contributed by atoms with Gasteiger partial charge in [0.25, 0.3) is 0 Å². The number of rotatable bonds is 5. The lowest BCUT2D eigenvalue weighted by atomic mass is 10.0. The van der Waals surface area contributed by atoms with Gasteiger partial charge in [0.2, 0.25) is 0 Å². The Balaban J connectivity index is 2.31. The Morgan fingerprint density at radius 1 is 1.25 bits per heavy atom. The summed E-state index contributed by atoms with van der Waals surface area (Å²) in [6.45, 7) is 5.71. The number of nitrogens with zero attached hydrogens (tertiary/aromatic N) is 2. The van der Waals surface area contributed by atoms with Crippen LogP contribution < -0.4 is 4.74 Å². The molecular formula is C15H18N2O3. The van der Waals surface area contributed by atoms with E-state index in [2.05, 4.69) is 5.16 Å². The SMILES string of the molecule is CCN(/C=C1\C(=O)ON=C1c1ccc(OC)cc1)CC. The van der Waals surface area contributed by atoms with E-state index >= 15 is 0 Å². The van der Waals surface area contributed by atoms with Crippen molar-refractivity contribution in [2.24, 2.45) is 5.16 Å². The molecule has 1 aliphatic rings. The second-order valence-corrected chi connectivity index (χ2v) is 4.31. The molecule has 0 spiro atoms. The number of benzene rings is 1. The number of carbonyl (C=O) groups excluding carboxylic acids is 1. The van der Waals surface area contributed by atoms with Crippen LogP contribution >= 0.6 is 0 Å². The van der Waals surface area contributed by atoms with Crippen LogP contribution in [0.2, 0.25) is 0 Å². The highest BCUT2D eigenvalue weighted by Crippen LogP contribution is 2.20. The molecule has 1 aromatic rings. The van der Waals surface area contributed by atoms with Crippen LogP contribution in [0, 0.1) is 0 Å². The molecular weight excluding hydrogens is 256 g/mol. The Labute approximate surface area is 118 Å². The molecule has 0 unspecified atom stereocenters. The molecule has 1 aromatic carbocycles. The molecule has 20 heavy (non-hydrogen) atoms. The molecule has 5 heteroatoms. The van der Waals surface area contributed by atoms with Crippen LogP contribution in [0.1, 0.15) is 19.4 Å². The molecule has 0 bridgehead atoms. The molecule has 1 aliphatic heterocycles. The molecule has 0 amide bonds. The Hall–Kier alpha value is -2.30. The van der Waals surface area contributed by atoms with Gasteiger partial charge < -0.3 is 14.5 Å². The standard InChI is InChI=1S/C15H18N2O3/c1-4-17(5-2)10-13-14(16-20-15(13)18)11-6-8-12(19-3)9-7-11/h6-10H,4-5H2,1-3H3/b13-10-. The molecule has 0 radical (unpaired) electrons. The second-order valence-electron chi connectivity index (χ2n) is 4.31. The van der Waals surface area contributed by atoms with Crippen molar-refractivity contribution in [3.05, 3.63) is 41.6 Å². The van der Waals surface area contributed by atoms with E-state index in [1.165, 1.54) is 0 Å². The zero-order valence-electron chi connectivity index (χ0n) is 11.9. The first-order valence-electron chi connectivity index (χ1n) is 6.59. The minimum Gasteiger partial charge on any atom is -0.497 e. The van der Waals surface area contributed by atoms with E-state index in [0.717, 1.165) is 24.4 Å². The van der Waals surface area contributed by atoms with Crippen LogP contribution in [0.3, 0.4) is 0 Å². The normalized spacial score (nSPS) is 16.1. The minimum atomic E-state index is -0.414. The van der Waals surface area contributed by atoms with Crippen molar-refractivity contribution >= 4 is 11.7 Å². The van der Waals surface area contributed by atoms with Gasteiger partial charge in [-0.05, 0) is 38.1 Å². The fraction of sp³-hybridized carbons (Fsp3) is 0.333. The smallest absolute Gasteiger partial charge is 0.369 e. The maximum absolute atomic E-state index is 11.8. The molecule has 0 atom stereocenters. The van der Waals surface area contributed by atoms with E-state index in [1.54, 1.807) is 13.3 Å². The van der Waals surface area contributed by atoms with Crippen LogP contribution in [0.15, 0.2) is 41.2 Å². The number of hydrogen-bond donors (Lipinski definition) is 0. The number of carbonyl (C=O) groups is 1. The number of hydrogen-bond acceptors (Lipinski definition) is 5. The van der Waals surface area contributed by atoms with E-state index < -0.39 is 5.97 Å². The molecule has 0 fully saturated rings. The maximum Gasteiger partial charge on any atom is 0.369 e. The van der Waals surface area contributed by atoms with Crippen molar-refractivity contribution in [2.45, 2.75) is 13.8 Å². The van der Waals surface area contributed by atoms with Crippen molar-refractivity contribution in [1.29, 1.82) is 0 Å². The monoisotopic (exact) mass is 274 g/mol. The van der Waals surface area contributed by atoms with Crippen molar-refractivity contribution in [2.75, 3.05) is 20.2 Å². The Kier molecular flexibility index (Phi) is 4.40. The first-order valence-corrected chi connectivity index (χ1v) is 6.59. The molecule has 2 rings (SSSR count). The number of oxime groups is 1. The summed E-state index contributed by atoms with van der Waals surface area (Å²) in [5.41, 5.74) is 1.87. The average molecular weight is 274 g/mol. The van der Waals surface area contributed by atoms with E-state index in [-0.39, 0.29) is 0 Å². The molecule has 0 aliphatic carbocycles. The van der Waals surface area contributed by atoms with Crippen LogP contribution in [0.4, 0.5) is 0 Å². The summed E-state index contributed by atoms with van der Waals surface area (Å²) >= 11 is 0. The van der Waals surface area contributed by atoms with Crippen molar-refractivity contribution in [3.63, 3.8) is 0 Å². The van der Waals surface area contributed by atoms with Gasteiger partial charge in [-0.25, -0.2) is 4.79 Å². The summed E-state index contributed by atoms with van der Waals surface area (Å²) in [7, 11) is 1.61. The van der Waals surface area contributed by atoms with Gasteiger partial charge in [0.1, 0.15) is 17.0 Å². The molecule has 0 N–H and O–H groups in total. The number of methoxy groups -OCH3 is 1. The zero-order valence-corrected chi connectivity index (χ0v) is 11.9. The van der Waals surface area contributed by atoms with Crippen LogP contribution in [-0.4, -0.2) is 36.8 Å². The van der Waals surface area contributed by atoms with Gasteiger partial charge in [-0.2, -0.15) is 0 Å². The molecule has 5 nitrogen and oxygen atoms in total. The fourth-order valence-corrected chi connectivity index (χ4v) is 1.94. The van der Waals surface area contributed by atoms with Gasteiger partial charge in [-0.3, -0.25) is 0 Å². The molecule has 0 saturated carbocycles. The highest BCUT2D eigenvalue weighted by atomic mass is 16.7. The Morgan fingerprint density at radius 3 is 2.45 bits per heavy atom. The highest BCUT2D eigenvalue weighted by Gasteiger charge is 2.27. The first-order chi connectivity index (χ1) is 9.69. The van der Waals surface area contributed by atoms with Gasteiger partial charge in [0, 0.05) is 24.9 Å². The third-order valence-corrected chi connectivity index (χ3v) is 3.18. The topological polar surface area (TPSA) is 51.1 Å². The molecule has 0 saturated heterocycles. The van der Waals surface area contributed by atoms with Crippen LogP contribution in [0.25, 0.3) is 0 Å². The lowest BCUT2D eigenvalue weighted by molar-refractivity contribution is -0.136. The van der Waals surface area contributed by atoms with Gasteiger partial charge in [-0.15, -0.1) is 0 Å². The summed E-state index contributed by atoms with van der Waals surface area (Å²) in [5, 5.41) is 3.88. The molecule has 1 heterocycles. The van der Waals surface area contributed by atoms with Crippen molar-refractivity contribution in [3.8, 4) is 5.75 Å². The average Bonchev–Trinajstić information content (AvgIpc) is 2.85. The highest BCUT2D eigenvalue weighted by molar-refractivity contribution is 6.28. The van der Waals surface area contributed by atoms with Crippen molar-refractivity contribution < 1.29 is 14.4 Å². The van der Waals surface area contributed by atoms with Crippen LogP contribution in [-0.2, 0) is 9.63 Å². The van der Waals surface area contributed by atoms with Gasteiger partial charge in [-0.1, -0.05) is 5.16 Å². The Morgan fingerprint density at radius 2 is 1.90 bits per heavy atom. The zero-order chi connectivity index (χ0) is 14.5. The van der Waals surface area contributed by atoms with E-state index in [0.29, 0.717) is 11.3 Å². The summed E-state index contributed by atoms with van der Waals surface area (Å²) in [6.07, 6.45) is 1.80. The summed E-state index contributed by atoms with van der Waals surface area (Å²) in [6, 6.07) is 7.37. The molecule has 106 valence electrons. The number of ether oxygens (including phenoxy) is 1. The predicted octanol–water partition coefficient (Wildman–Crippen LogP) is 2.18. The van der Waals surface area contributed by atoms with Gasteiger partial charge in [0.05, 0.1) is 7.11 Å². The minimum absolute atomic E-state index is 0.414. The quantitative estimate of drug-likeness (QED) is 0.610. The lowest BCUT2D eigenvalue weighted by Crippen LogP contribution is -2.19. The third-order valence-electron chi connectivity index (χ3n) is 3.18. The summed E-state index contributed by atoms with van der Waals surface area (Å²) in [5.74, 6) is 0.344. The van der Waals surface area contributed by atoms with E-state index in [4.69, 9.17) is 9.57 Å². The summed E-state index contributed by atoms with van der Waals surface area (Å²) < 4.78 is 5.12. The van der Waals surface area contributed by atoms with Crippen LogP contribution in [0.5, 0.6) is 5.75 Å². The third kappa shape index (κ3) is 2.82. The first kappa shape index (κ1) is 14.1. The lowest BCUT2D eigenvalue weighted by Gasteiger charge is -2.15. The van der Waals surface area contributed by atoms with E-state index in [1.807, 2.05) is 43.0 Å². The molecule has 0 aromatic heterocycles.